The second-order valence-corrected chi connectivity index (χ2v) is 8.59. The minimum absolute atomic E-state index is 0.00512. The van der Waals surface area contributed by atoms with Crippen LogP contribution in [-0.4, -0.2) is 43.3 Å². The first kappa shape index (κ1) is 21.6. The zero-order chi connectivity index (χ0) is 22.2. The van der Waals surface area contributed by atoms with Crippen molar-refractivity contribution >= 4 is 18.6 Å². The second kappa shape index (κ2) is 8.51. The Morgan fingerprint density at radius 2 is 1.87 bits per heavy atom. The molecule has 4 N–H and O–H groups in total. The van der Waals surface area contributed by atoms with Crippen LogP contribution in [-0.2, 0) is 20.2 Å². The Bertz CT molecular complexity index is 1260. The van der Waals surface area contributed by atoms with Gasteiger partial charge in [0.25, 0.3) is 5.56 Å². The molecule has 3 aromatic rings. The number of nitrogens with zero attached hydrogens (tertiary/aromatic N) is 1. The molecular weight excluding hydrogens is 427 g/mol. The molecule has 10 nitrogen and oxygen atoms in total. The van der Waals surface area contributed by atoms with Gasteiger partial charge in [0, 0.05) is 24.6 Å². The van der Waals surface area contributed by atoms with E-state index in [0.717, 1.165) is 16.3 Å². The predicted molar refractivity (Wildman–Crippen MR) is 111 cm³/mol. The number of rotatable bonds is 6. The minimum Gasteiger partial charge on any atom is -0.390 e. The van der Waals surface area contributed by atoms with Crippen LogP contribution in [0.1, 0.15) is 23.8 Å². The van der Waals surface area contributed by atoms with Crippen LogP contribution in [0, 0.1) is 0 Å². The quantitative estimate of drug-likeness (QED) is 0.409. The SMILES string of the molecule is O=c1[nH]c(=O)n([C@H]2C[C@H](O)[C@@H](COP(=O)(O)O)O2)cc1Cc1cccc2ccccc12. The van der Waals surface area contributed by atoms with Crippen LogP contribution in [0.5, 0.6) is 0 Å². The van der Waals surface area contributed by atoms with E-state index in [1.54, 1.807) is 0 Å². The maximum Gasteiger partial charge on any atom is 0.469 e. The third kappa shape index (κ3) is 4.85. The first-order valence-corrected chi connectivity index (χ1v) is 11.1. The van der Waals surface area contributed by atoms with E-state index in [4.69, 9.17) is 14.5 Å². The lowest BCUT2D eigenvalue weighted by atomic mass is 10.00. The molecule has 1 aliphatic heterocycles. The summed E-state index contributed by atoms with van der Waals surface area (Å²) in [6, 6.07) is 13.5. The van der Waals surface area contributed by atoms with Crippen molar-refractivity contribution in [2.45, 2.75) is 31.3 Å². The number of aromatic nitrogens is 2. The van der Waals surface area contributed by atoms with Gasteiger partial charge in [-0.15, -0.1) is 0 Å². The van der Waals surface area contributed by atoms with E-state index >= 15 is 0 Å². The molecule has 0 unspecified atom stereocenters. The van der Waals surface area contributed by atoms with E-state index in [2.05, 4.69) is 9.51 Å². The molecule has 1 aliphatic rings. The molecule has 164 valence electrons. The molecule has 1 aromatic heterocycles. The Kier molecular flexibility index (Phi) is 5.94. The molecule has 0 amide bonds. The number of phosphoric ester groups is 1. The summed E-state index contributed by atoms with van der Waals surface area (Å²) in [6.45, 7) is -0.539. The van der Waals surface area contributed by atoms with Gasteiger partial charge >= 0.3 is 13.5 Å². The number of fused-ring (bicyclic) bond motifs is 1. The van der Waals surface area contributed by atoms with Crippen LogP contribution in [0.4, 0.5) is 0 Å². The topological polar surface area (TPSA) is 151 Å². The average molecular weight is 448 g/mol. The van der Waals surface area contributed by atoms with Crippen molar-refractivity contribution < 1.29 is 28.7 Å². The lowest BCUT2D eigenvalue weighted by Gasteiger charge is -2.17. The van der Waals surface area contributed by atoms with Gasteiger partial charge in [-0.3, -0.25) is 18.9 Å². The van der Waals surface area contributed by atoms with Gasteiger partial charge in [0.2, 0.25) is 0 Å². The fourth-order valence-electron chi connectivity index (χ4n) is 3.73. The van der Waals surface area contributed by atoms with E-state index in [9.17, 15) is 19.3 Å². The highest BCUT2D eigenvalue weighted by Gasteiger charge is 2.37. The van der Waals surface area contributed by atoms with E-state index in [-0.39, 0.29) is 12.8 Å². The number of phosphoric acid groups is 1. The number of ether oxygens (including phenoxy) is 1. The smallest absolute Gasteiger partial charge is 0.390 e. The normalized spacial score (nSPS) is 21.6. The average Bonchev–Trinajstić information content (AvgIpc) is 3.08. The summed E-state index contributed by atoms with van der Waals surface area (Å²) in [6.07, 6.45) is -1.39. The standard InChI is InChI=1S/C20H21N2O8P/c23-16-9-18(30-17(16)11-29-31(26,27)28)22-10-14(19(24)21-20(22)25)8-13-6-3-5-12-4-1-2-7-15(12)13/h1-7,10,16-18,23H,8-9,11H2,(H,21,24,25)(H2,26,27,28)/t16-,17+,18+/m0/s1. The zero-order valence-electron chi connectivity index (χ0n) is 16.2. The second-order valence-electron chi connectivity index (χ2n) is 7.35. The van der Waals surface area contributed by atoms with Crippen molar-refractivity contribution in [2.24, 2.45) is 0 Å². The Balaban J connectivity index is 1.61. The van der Waals surface area contributed by atoms with Crippen molar-refractivity contribution in [3.8, 4) is 0 Å². The number of H-pyrrole nitrogens is 1. The molecule has 3 atom stereocenters. The van der Waals surface area contributed by atoms with Gasteiger partial charge in [0.05, 0.1) is 12.7 Å². The Hall–Kier alpha value is -2.59. The highest BCUT2D eigenvalue weighted by atomic mass is 31.2. The van der Waals surface area contributed by atoms with E-state index in [0.29, 0.717) is 5.56 Å². The number of hydrogen-bond donors (Lipinski definition) is 4. The van der Waals surface area contributed by atoms with Gasteiger partial charge in [-0.2, -0.15) is 0 Å². The lowest BCUT2D eigenvalue weighted by molar-refractivity contribution is -0.0451. The molecule has 1 saturated heterocycles. The van der Waals surface area contributed by atoms with Crippen molar-refractivity contribution in [1.82, 2.24) is 9.55 Å². The number of aliphatic hydroxyl groups excluding tert-OH is 1. The van der Waals surface area contributed by atoms with Crippen LogP contribution in [0.15, 0.2) is 58.3 Å². The fraction of sp³-hybridized carbons (Fsp3) is 0.300. The minimum atomic E-state index is -4.73. The molecule has 0 bridgehead atoms. The predicted octanol–water partition coefficient (Wildman–Crippen LogP) is 1.04. The summed E-state index contributed by atoms with van der Waals surface area (Å²) in [5.41, 5.74) is 0.0209. The maximum atomic E-state index is 12.4. The summed E-state index contributed by atoms with van der Waals surface area (Å²) >= 11 is 0. The summed E-state index contributed by atoms with van der Waals surface area (Å²) < 4.78 is 22.0. The summed E-state index contributed by atoms with van der Waals surface area (Å²) in [7, 11) is -4.73. The van der Waals surface area contributed by atoms with Gasteiger partial charge < -0.3 is 19.6 Å². The van der Waals surface area contributed by atoms with Crippen molar-refractivity contribution in [1.29, 1.82) is 0 Å². The third-order valence-electron chi connectivity index (χ3n) is 5.22. The number of aliphatic hydroxyl groups is 1. The molecule has 1 fully saturated rings. The molecule has 0 aliphatic carbocycles. The molecule has 0 radical (unpaired) electrons. The number of benzene rings is 2. The molecule has 11 heteroatoms. The van der Waals surface area contributed by atoms with Crippen molar-refractivity contribution in [3.63, 3.8) is 0 Å². The summed E-state index contributed by atoms with van der Waals surface area (Å²) in [5, 5.41) is 12.2. The first-order valence-electron chi connectivity index (χ1n) is 9.56. The molecular formula is C20H21N2O8P. The van der Waals surface area contributed by atoms with Gasteiger partial charge in [-0.1, -0.05) is 42.5 Å². The third-order valence-corrected chi connectivity index (χ3v) is 5.71. The number of nitrogens with one attached hydrogen (secondary N) is 1. The Morgan fingerprint density at radius 3 is 2.65 bits per heavy atom. The van der Waals surface area contributed by atoms with Crippen LogP contribution in [0.25, 0.3) is 10.8 Å². The first-order chi connectivity index (χ1) is 14.7. The molecule has 2 heterocycles. The van der Waals surface area contributed by atoms with Crippen molar-refractivity contribution in [3.05, 3.63) is 80.6 Å². The Morgan fingerprint density at radius 1 is 1.13 bits per heavy atom. The van der Waals surface area contributed by atoms with Crippen LogP contribution in [0.3, 0.4) is 0 Å². The summed E-state index contributed by atoms with van der Waals surface area (Å²) in [4.78, 5) is 44.7. The highest BCUT2D eigenvalue weighted by Crippen LogP contribution is 2.38. The monoisotopic (exact) mass is 448 g/mol. The van der Waals surface area contributed by atoms with Gasteiger partial charge in [0.1, 0.15) is 12.3 Å². The van der Waals surface area contributed by atoms with E-state index in [1.807, 2.05) is 42.5 Å². The van der Waals surface area contributed by atoms with E-state index in [1.165, 1.54) is 10.8 Å². The number of aromatic amines is 1. The van der Waals surface area contributed by atoms with Crippen molar-refractivity contribution in [2.75, 3.05) is 6.61 Å². The van der Waals surface area contributed by atoms with Gasteiger partial charge in [-0.05, 0) is 16.3 Å². The Labute approximate surface area is 175 Å². The highest BCUT2D eigenvalue weighted by molar-refractivity contribution is 7.46. The van der Waals surface area contributed by atoms with E-state index < -0.39 is 44.1 Å². The summed E-state index contributed by atoms with van der Waals surface area (Å²) in [5.74, 6) is 0. The fourth-order valence-corrected chi connectivity index (χ4v) is 4.07. The molecule has 31 heavy (non-hydrogen) atoms. The molecule has 0 spiro atoms. The lowest BCUT2D eigenvalue weighted by Crippen LogP contribution is -2.34. The molecule has 4 rings (SSSR count). The molecule has 0 saturated carbocycles. The van der Waals surface area contributed by atoms with Gasteiger partial charge in [-0.25, -0.2) is 9.36 Å². The largest absolute Gasteiger partial charge is 0.469 e. The maximum absolute atomic E-state index is 12.4. The number of hydrogen-bond acceptors (Lipinski definition) is 6. The van der Waals surface area contributed by atoms with Crippen LogP contribution in [0.2, 0.25) is 0 Å². The molecule has 2 aromatic carbocycles. The van der Waals surface area contributed by atoms with Crippen LogP contribution < -0.4 is 11.2 Å². The van der Waals surface area contributed by atoms with Gasteiger partial charge in [0.15, 0.2) is 0 Å². The zero-order valence-corrected chi connectivity index (χ0v) is 17.1. The van der Waals surface area contributed by atoms with Crippen LogP contribution >= 0.6 is 7.82 Å².